The van der Waals surface area contributed by atoms with Crippen LogP contribution >= 0.6 is 0 Å². The Morgan fingerprint density at radius 3 is 2.39 bits per heavy atom. The Morgan fingerprint density at radius 2 is 1.64 bits per heavy atom. The highest BCUT2D eigenvalue weighted by atomic mass is 16.2. The van der Waals surface area contributed by atoms with Crippen molar-refractivity contribution in [2.75, 3.05) is 6.54 Å². The third kappa shape index (κ3) is 4.42. The minimum Gasteiger partial charge on any atom is -0.361 e. The largest absolute Gasteiger partial charge is 0.361 e. The van der Waals surface area contributed by atoms with Crippen LogP contribution in [0.15, 0.2) is 54.7 Å². The van der Waals surface area contributed by atoms with E-state index < -0.39 is 5.41 Å². The van der Waals surface area contributed by atoms with Crippen LogP contribution in [0.2, 0.25) is 0 Å². The molecule has 0 spiro atoms. The van der Waals surface area contributed by atoms with E-state index in [1.54, 1.807) is 13.8 Å². The van der Waals surface area contributed by atoms with Crippen molar-refractivity contribution in [3.63, 3.8) is 0 Å². The van der Waals surface area contributed by atoms with Gasteiger partial charge in [0.1, 0.15) is 5.41 Å². The summed E-state index contributed by atoms with van der Waals surface area (Å²) in [5.74, 6) is -0.550. The van der Waals surface area contributed by atoms with Gasteiger partial charge >= 0.3 is 0 Å². The number of aromatic nitrogens is 1. The summed E-state index contributed by atoms with van der Waals surface area (Å²) >= 11 is 0. The molecule has 0 radical (unpaired) electrons. The lowest BCUT2D eigenvalue weighted by Gasteiger charge is -2.22. The van der Waals surface area contributed by atoms with Crippen LogP contribution in [0.4, 0.5) is 0 Å². The highest BCUT2D eigenvalue weighted by Crippen LogP contribution is 2.19. The number of carbonyl (C=O) groups excluding carboxylic acids is 2. The molecule has 0 unspecified atom stereocenters. The Kier molecular flexibility index (Phi) is 5.83. The van der Waals surface area contributed by atoms with Crippen LogP contribution in [0.5, 0.6) is 0 Å². The molecular weight excluding hydrogens is 350 g/mol. The van der Waals surface area contributed by atoms with E-state index in [4.69, 9.17) is 0 Å². The van der Waals surface area contributed by atoms with Crippen LogP contribution in [0.3, 0.4) is 0 Å². The predicted octanol–water partition coefficient (Wildman–Crippen LogP) is 3.48. The van der Waals surface area contributed by atoms with E-state index in [1.165, 1.54) is 5.56 Å². The molecule has 0 aliphatic rings. The van der Waals surface area contributed by atoms with Gasteiger partial charge in [0.15, 0.2) is 0 Å². The molecule has 0 aliphatic carbocycles. The minimum absolute atomic E-state index is 0.270. The molecule has 0 bridgehead atoms. The van der Waals surface area contributed by atoms with Crippen LogP contribution in [0.25, 0.3) is 10.9 Å². The third-order valence-electron chi connectivity index (χ3n) is 5.06. The summed E-state index contributed by atoms with van der Waals surface area (Å²) in [6.07, 6.45) is 2.67. The monoisotopic (exact) mass is 377 g/mol. The normalized spacial score (nSPS) is 11.4. The first-order valence-corrected chi connectivity index (χ1v) is 9.55. The van der Waals surface area contributed by atoms with Gasteiger partial charge < -0.3 is 15.6 Å². The first-order valence-electron chi connectivity index (χ1n) is 9.55. The lowest BCUT2D eigenvalue weighted by atomic mass is 9.91. The molecule has 1 aromatic heterocycles. The Balaban J connectivity index is 1.51. The topological polar surface area (TPSA) is 74.0 Å². The zero-order chi connectivity index (χ0) is 20.1. The number of nitrogens with one attached hydrogen (secondary N) is 3. The summed E-state index contributed by atoms with van der Waals surface area (Å²) in [6.45, 7) is 6.21. The molecule has 0 saturated carbocycles. The summed E-state index contributed by atoms with van der Waals surface area (Å²) in [6, 6.07) is 16.0. The average molecular weight is 377 g/mol. The molecule has 0 atom stereocenters. The van der Waals surface area contributed by atoms with E-state index >= 15 is 0 Å². The van der Waals surface area contributed by atoms with Crippen molar-refractivity contribution in [3.05, 3.63) is 71.4 Å². The van der Waals surface area contributed by atoms with Crippen LogP contribution in [-0.2, 0) is 22.6 Å². The van der Waals surface area contributed by atoms with Gasteiger partial charge in [-0.3, -0.25) is 9.59 Å². The van der Waals surface area contributed by atoms with Crippen molar-refractivity contribution in [2.24, 2.45) is 5.41 Å². The zero-order valence-corrected chi connectivity index (χ0v) is 16.6. The summed E-state index contributed by atoms with van der Waals surface area (Å²) in [5, 5.41) is 6.92. The Bertz CT molecular complexity index is 971. The van der Waals surface area contributed by atoms with E-state index in [0.717, 1.165) is 22.0 Å². The fourth-order valence-electron chi connectivity index (χ4n) is 3.08. The average Bonchev–Trinajstić information content (AvgIpc) is 3.10. The molecule has 5 nitrogen and oxygen atoms in total. The number of hydrogen-bond donors (Lipinski definition) is 3. The third-order valence-corrected chi connectivity index (χ3v) is 5.06. The molecule has 0 fully saturated rings. The molecule has 0 aliphatic heterocycles. The van der Waals surface area contributed by atoms with Crippen LogP contribution in [0.1, 0.15) is 30.5 Å². The van der Waals surface area contributed by atoms with Gasteiger partial charge in [-0.25, -0.2) is 0 Å². The highest BCUT2D eigenvalue weighted by Gasteiger charge is 2.35. The molecule has 28 heavy (non-hydrogen) atoms. The van der Waals surface area contributed by atoms with E-state index in [2.05, 4.69) is 21.7 Å². The molecule has 3 rings (SSSR count). The lowest BCUT2D eigenvalue weighted by molar-refractivity contribution is -0.141. The second kappa shape index (κ2) is 8.30. The number of carbonyl (C=O) groups is 2. The van der Waals surface area contributed by atoms with Crippen molar-refractivity contribution in [3.8, 4) is 0 Å². The number of rotatable bonds is 7. The number of amides is 2. The van der Waals surface area contributed by atoms with Gasteiger partial charge in [-0.05, 0) is 44.4 Å². The number of aryl methyl sites for hydroxylation is 1. The fourth-order valence-corrected chi connectivity index (χ4v) is 3.08. The molecule has 146 valence electrons. The second-order valence-corrected chi connectivity index (χ2v) is 7.66. The molecular formula is C23H27N3O2. The first-order chi connectivity index (χ1) is 13.4. The quantitative estimate of drug-likeness (QED) is 0.552. The van der Waals surface area contributed by atoms with Gasteiger partial charge in [0, 0.05) is 30.2 Å². The smallest absolute Gasteiger partial charge is 0.235 e. The van der Waals surface area contributed by atoms with E-state index in [0.29, 0.717) is 19.5 Å². The van der Waals surface area contributed by atoms with E-state index in [9.17, 15) is 9.59 Å². The standard InChI is InChI=1S/C23H27N3O2/c1-16-8-10-17(11-9-16)14-26-22(28)23(2,3)21(27)24-13-12-18-15-25-20-7-5-4-6-19(18)20/h4-11,15,25H,12-14H2,1-3H3,(H,24,27)(H,26,28). The van der Waals surface area contributed by atoms with Gasteiger partial charge in [-0.2, -0.15) is 0 Å². The summed E-state index contributed by atoms with van der Waals surface area (Å²) < 4.78 is 0. The number of aromatic amines is 1. The van der Waals surface area contributed by atoms with Crippen LogP contribution in [0, 0.1) is 12.3 Å². The number of benzene rings is 2. The summed E-state index contributed by atoms with van der Waals surface area (Å²) in [5.41, 5.74) is 3.28. The van der Waals surface area contributed by atoms with Crippen molar-refractivity contribution in [1.29, 1.82) is 0 Å². The van der Waals surface area contributed by atoms with Crippen molar-refractivity contribution >= 4 is 22.7 Å². The van der Waals surface area contributed by atoms with Crippen LogP contribution in [-0.4, -0.2) is 23.3 Å². The molecule has 2 aromatic carbocycles. The van der Waals surface area contributed by atoms with Crippen molar-refractivity contribution in [2.45, 2.75) is 33.7 Å². The fraction of sp³-hybridized carbons (Fsp3) is 0.304. The number of para-hydroxylation sites is 1. The molecule has 5 heteroatoms. The maximum atomic E-state index is 12.6. The number of H-pyrrole nitrogens is 1. The summed E-state index contributed by atoms with van der Waals surface area (Å²) in [4.78, 5) is 28.3. The number of fused-ring (bicyclic) bond motifs is 1. The zero-order valence-electron chi connectivity index (χ0n) is 16.6. The van der Waals surface area contributed by atoms with Crippen molar-refractivity contribution in [1.82, 2.24) is 15.6 Å². The lowest BCUT2D eigenvalue weighted by Crippen LogP contribution is -2.48. The highest BCUT2D eigenvalue weighted by molar-refractivity contribution is 6.04. The Labute approximate surface area is 165 Å². The van der Waals surface area contributed by atoms with Gasteiger partial charge in [0.2, 0.25) is 11.8 Å². The molecule has 2 amide bonds. The van der Waals surface area contributed by atoms with Gasteiger partial charge in [-0.15, -0.1) is 0 Å². The summed E-state index contributed by atoms with van der Waals surface area (Å²) in [7, 11) is 0. The maximum absolute atomic E-state index is 12.6. The van der Waals surface area contributed by atoms with E-state index in [-0.39, 0.29) is 11.8 Å². The Morgan fingerprint density at radius 1 is 0.964 bits per heavy atom. The second-order valence-electron chi connectivity index (χ2n) is 7.66. The van der Waals surface area contributed by atoms with Crippen molar-refractivity contribution < 1.29 is 9.59 Å². The molecule has 3 N–H and O–H groups in total. The molecule has 3 aromatic rings. The Hall–Kier alpha value is -3.08. The van der Waals surface area contributed by atoms with E-state index in [1.807, 2.05) is 55.6 Å². The molecule has 0 saturated heterocycles. The predicted molar refractivity (Wildman–Crippen MR) is 112 cm³/mol. The SMILES string of the molecule is Cc1ccc(CNC(=O)C(C)(C)C(=O)NCCc2c[nH]c3ccccc23)cc1. The van der Waals surface area contributed by atoms with Gasteiger partial charge in [0.25, 0.3) is 0 Å². The van der Waals surface area contributed by atoms with Crippen LogP contribution < -0.4 is 10.6 Å². The number of hydrogen-bond acceptors (Lipinski definition) is 2. The maximum Gasteiger partial charge on any atom is 0.235 e. The minimum atomic E-state index is -1.13. The van der Waals surface area contributed by atoms with Gasteiger partial charge in [0.05, 0.1) is 0 Å². The molecule has 1 heterocycles. The van der Waals surface area contributed by atoms with Gasteiger partial charge in [-0.1, -0.05) is 48.0 Å². The first kappa shape index (κ1) is 19.7.